The molecule has 1 saturated carbocycles. The van der Waals surface area contributed by atoms with Crippen LogP contribution >= 0.6 is 0 Å². The zero-order valence-electron chi connectivity index (χ0n) is 51.7. The molecule has 0 aromatic rings. The van der Waals surface area contributed by atoms with Gasteiger partial charge in [0.05, 0.1) is 31.0 Å². The first-order valence-electron chi connectivity index (χ1n) is 29.6. The van der Waals surface area contributed by atoms with Gasteiger partial charge in [-0.1, -0.05) is 85.8 Å². The van der Waals surface area contributed by atoms with Crippen LogP contribution in [0.15, 0.2) is 69.2 Å². The van der Waals surface area contributed by atoms with Gasteiger partial charge in [0.15, 0.2) is 51.8 Å². The van der Waals surface area contributed by atoms with Crippen LogP contribution in [0.2, 0.25) is 0 Å². The molecule has 1 aliphatic rings. The largest absolute Gasteiger partial charge is 0.506 e. The van der Waals surface area contributed by atoms with Gasteiger partial charge in [-0.25, -0.2) is 0 Å². The third-order valence-electron chi connectivity index (χ3n) is 15.9. The number of rotatable bonds is 43. The average Bonchev–Trinajstić information content (AvgIpc) is 0.899. The lowest BCUT2D eigenvalue weighted by Gasteiger charge is -2.50. The van der Waals surface area contributed by atoms with Gasteiger partial charge in [-0.05, 0) is 75.5 Å². The Hall–Kier alpha value is -4.28. The minimum atomic E-state index is -2.67. The summed E-state index contributed by atoms with van der Waals surface area (Å²) in [5, 5.41) is 236. The molecule has 510 valence electrons. The lowest BCUT2D eigenvalue weighted by molar-refractivity contribution is -0.204. The molecule has 0 aromatic heterocycles. The van der Waals surface area contributed by atoms with Crippen molar-refractivity contribution in [3.63, 3.8) is 0 Å². The van der Waals surface area contributed by atoms with Gasteiger partial charge >= 0.3 is 0 Å². The van der Waals surface area contributed by atoms with E-state index in [9.17, 15) is 107 Å². The van der Waals surface area contributed by atoms with E-state index in [2.05, 4.69) is 26.8 Å². The third-order valence-corrected chi connectivity index (χ3v) is 15.9. The van der Waals surface area contributed by atoms with Crippen LogP contribution in [0.5, 0.6) is 0 Å². The van der Waals surface area contributed by atoms with Gasteiger partial charge in [-0.3, -0.25) is 0 Å². The molecule has 0 radical (unpaired) electrons. The van der Waals surface area contributed by atoms with Gasteiger partial charge in [0.2, 0.25) is 30.9 Å². The predicted molar refractivity (Wildman–Crippen MR) is 312 cm³/mol. The molecule has 87 heavy (non-hydrogen) atoms. The fraction of sp³-hybridized carbons (Fsp3) is 0.797. The van der Waals surface area contributed by atoms with E-state index in [1.807, 2.05) is 27.7 Å². The van der Waals surface area contributed by atoms with Crippen LogP contribution in [0.4, 0.5) is 0 Å². The van der Waals surface area contributed by atoms with E-state index in [1.165, 1.54) is 13.8 Å². The number of ether oxygens (including phenoxy) is 5. The smallest absolute Gasteiger partial charge is 0.259 e. The highest BCUT2D eigenvalue weighted by atomic mass is 16.7. The van der Waals surface area contributed by atoms with Crippen molar-refractivity contribution in [2.45, 2.75) is 238 Å². The molecule has 0 saturated heterocycles. The summed E-state index contributed by atoms with van der Waals surface area (Å²) in [6.45, 7) is 14.1. The van der Waals surface area contributed by atoms with Crippen LogP contribution in [0.25, 0.3) is 0 Å². The van der Waals surface area contributed by atoms with Crippen LogP contribution in [0.1, 0.15) is 159 Å². The normalized spacial score (nSPS) is 22.6. The molecule has 28 nitrogen and oxygen atoms in total. The van der Waals surface area contributed by atoms with Crippen molar-refractivity contribution in [3.05, 3.63) is 69.2 Å². The van der Waals surface area contributed by atoms with E-state index < -0.39 is 202 Å². The topological polar surface area (TPSA) is 511 Å². The number of hydrogen-bond acceptors (Lipinski definition) is 28. The Morgan fingerprint density at radius 3 is 1.38 bits per heavy atom. The summed E-state index contributed by atoms with van der Waals surface area (Å²) in [4.78, 5) is 0. The van der Waals surface area contributed by atoms with Crippen molar-refractivity contribution in [3.8, 4) is 0 Å². The molecule has 1 aliphatic carbocycles. The van der Waals surface area contributed by atoms with Crippen LogP contribution in [0.3, 0.4) is 0 Å². The van der Waals surface area contributed by atoms with E-state index in [4.69, 9.17) is 33.9 Å². The Morgan fingerprint density at radius 1 is 0.529 bits per heavy atom. The molecule has 1 rings (SSSR count). The highest BCUT2D eigenvalue weighted by molar-refractivity contribution is 5.24. The maximum Gasteiger partial charge on any atom is 0.259 e. The van der Waals surface area contributed by atoms with E-state index in [0.717, 1.165) is 37.7 Å². The highest BCUT2D eigenvalue weighted by Crippen LogP contribution is 2.53. The lowest BCUT2D eigenvalue weighted by atomic mass is 9.57. The molecule has 28 heteroatoms. The second kappa shape index (κ2) is 38.4. The van der Waals surface area contributed by atoms with Crippen LogP contribution < -0.4 is 0 Å². The zero-order valence-corrected chi connectivity index (χ0v) is 51.7. The maximum absolute atomic E-state index is 11.5. The molecular weight excluding hydrogens is 1160 g/mol. The van der Waals surface area contributed by atoms with Crippen LogP contribution in [-0.4, -0.2) is 230 Å². The van der Waals surface area contributed by atoms with Crippen molar-refractivity contribution < 1.29 is 141 Å². The highest BCUT2D eigenvalue weighted by Gasteiger charge is 2.47. The second-order valence-corrected chi connectivity index (χ2v) is 24.0. The summed E-state index contributed by atoms with van der Waals surface area (Å²) in [7, 11) is 0. The predicted octanol–water partition coefficient (Wildman–Crippen LogP) is 3.78. The number of hydrogen-bond donors (Lipinski definition) is 23. The minimum absolute atomic E-state index is 0.000981. The zero-order chi connectivity index (χ0) is 66.9. The average molecular weight is 1260 g/mol. The molecule has 0 aromatic carbocycles. The summed E-state index contributed by atoms with van der Waals surface area (Å²) in [6.07, 6.45) is -16.8. The molecule has 0 bridgehead atoms. The maximum atomic E-state index is 11.5. The van der Waals surface area contributed by atoms with Gasteiger partial charge < -0.3 is 141 Å². The van der Waals surface area contributed by atoms with Crippen molar-refractivity contribution in [2.24, 2.45) is 28.6 Å². The number of aliphatic hydroxyl groups is 23. The van der Waals surface area contributed by atoms with E-state index in [0.29, 0.717) is 25.7 Å². The molecule has 15 unspecified atom stereocenters. The summed E-state index contributed by atoms with van der Waals surface area (Å²) in [6, 6.07) is 0. The monoisotopic (exact) mass is 1260 g/mol. The van der Waals surface area contributed by atoms with E-state index in [1.54, 1.807) is 0 Å². The summed E-state index contributed by atoms with van der Waals surface area (Å²) in [5.41, 5.74) is -1.61. The first kappa shape index (κ1) is 80.7. The lowest BCUT2D eigenvalue weighted by Crippen LogP contribution is -2.46. The Labute approximate surface area is 509 Å². The van der Waals surface area contributed by atoms with Gasteiger partial charge in [-0.15, -0.1) is 0 Å². The number of aliphatic hydroxyl groups excluding tert-OH is 22. The Bertz CT molecular complexity index is 2200. The molecular formula is C59H106O28. The van der Waals surface area contributed by atoms with Gasteiger partial charge in [-0.2, -0.15) is 0 Å². The standard InChI is InChI=1S/C59H106O28/c1-10-13-32(15-12-25-57(4,5)33-17-19-40(58(6,7)34(33)14-11-2)85-54(79)49(75)45(71)38(66)23-29-83-52(77)47(73)42(68)35(63)20-26-60)31(3)16-18-41(59(8,9)82)86-56(81)51(87-55(80)50(76)44(70)37(65)22-28-62)46(72)39(67)24-30-84-53(78)48(74)43(69)36(64)21-27-61/h14,31-33,35-41,52-56,60-82H,10-13,15-30H2,1-9H3/b34-14+,47-42-,48-43-,49-45+,50-44+,51-46-. The Balaban J connectivity index is 3.30. The van der Waals surface area contributed by atoms with Crippen LogP contribution in [0, 0.1) is 28.6 Å². The Morgan fingerprint density at radius 2 is 0.954 bits per heavy atom. The summed E-state index contributed by atoms with van der Waals surface area (Å²) in [5.74, 6) is -11.5. The fourth-order valence-corrected chi connectivity index (χ4v) is 10.5. The van der Waals surface area contributed by atoms with Gasteiger partial charge in [0.1, 0.15) is 30.5 Å². The van der Waals surface area contributed by atoms with Crippen molar-refractivity contribution in [1.82, 2.24) is 0 Å². The molecule has 1 fully saturated rings. The van der Waals surface area contributed by atoms with Crippen molar-refractivity contribution in [1.29, 1.82) is 0 Å². The summed E-state index contributed by atoms with van der Waals surface area (Å²) >= 11 is 0. The van der Waals surface area contributed by atoms with Crippen LogP contribution in [-0.2, 0) is 23.7 Å². The van der Waals surface area contributed by atoms with Crippen molar-refractivity contribution in [2.75, 3.05) is 33.0 Å². The number of allylic oxidation sites excluding steroid dienone is 1. The summed E-state index contributed by atoms with van der Waals surface area (Å²) < 4.78 is 27.0. The molecule has 0 heterocycles. The van der Waals surface area contributed by atoms with E-state index in [-0.39, 0.29) is 36.0 Å². The van der Waals surface area contributed by atoms with Gasteiger partial charge in [0.25, 0.3) is 6.29 Å². The van der Waals surface area contributed by atoms with Gasteiger partial charge in [0, 0.05) is 57.3 Å². The fourth-order valence-electron chi connectivity index (χ4n) is 10.5. The second-order valence-electron chi connectivity index (χ2n) is 24.0. The third kappa shape index (κ3) is 25.1. The van der Waals surface area contributed by atoms with Crippen molar-refractivity contribution >= 4 is 0 Å². The first-order chi connectivity index (χ1) is 40.4. The molecule has 23 N–H and O–H groups in total. The molecule has 0 aliphatic heterocycles. The molecule has 0 spiro atoms. The SMILES string of the molecule is CC/C=C1\C(C(C)(C)CCCC(CCC)C(C)CCC(OC(O)/C(OC(O)/C(O)=C(\O)C(O)CCO)=C(/O)C(O)CCOC(O)/C(O)=C(/O)C(O)CCO)C(C)(C)O)CCC(OC(O)/C(O)=C(\O)C(O)CCOC(O)/C(O)=C(/O)C(O)CCO)C1(C)C. The molecule has 15 atom stereocenters. The first-order valence-corrected chi connectivity index (χ1v) is 29.6. The van der Waals surface area contributed by atoms with E-state index >= 15 is 0 Å². The molecule has 0 amide bonds. The Kier molecular flexibility index (Phi) is 35.7. The quantitative estimate of drug-likeness (QED) is 0.0235. The minimum Gasteiger partial charge on any atom is -0.506 e.